The molecule has 1 atom stereocenters. The maximum atomic E-state index is 9.58. The van der Waals surface area contributed by atoms with Crippen LogP contribution in [0.5, 0.6) is 0 Å². The van der Waals surface area contributed by atoms with Crippen LogP contribution < -0.4 is 5.32 Å². The molecule has 1 unspecified atom stereocenters. The maximum Gasteiger partial charge on any atom is 0.139 e. The Hall–Kier alpha value is -1.65. The van der Waals surface area contributed by atoms with Crippen LogP contribution in [0.4, 0.5) is 0 Å². The first-order chi connectivity index (χ1) is 10.2. The molecule has 1 aromatic carbocycles. The molecule has 2 aromatic rings. The van der Waals surface area contributed by atoms with E-state index in [1.165, 1.54) is 0 Å². The summed E-state index contributed by atoms with van der Waals surface area (Å²) in [6.07, 6.45) is 6.75. The van der Waals surface area contributed by atoms with Gasteiger partial charge in [0.05, 0.1) is 6.61 Å². The number of rotatable bonds is 8. The molecule has 0 saturated heterocycles. The van der Waals surface area contributed by atoms with Crippen molar-refractivity contribution in [1.29, 1.82) is 0 Å². The standard InChI is InChI=1S/C17H25N3O/c1-3-17(14-21,18-2)10-7-12-20-13-11-19-16(20)15-8-5-4-6-9-15/h4-6,8-9,11,13,18,21H,3,7,10,12,14H2,1-2H3. The third-order valence-electron chi connectivity index (χ3n) is 4.31. The number of imidazole rings is 1. The lowest BCUT2D eigenvalue weighted by atomic mass is 9.91. The summed E-state index contributed by atoms with van der Waals surface area (Å²) in [5.41, 5.74) is 0.980. The van der Waals surface area contributed by atoms with Crippen LogP contribution >= 0.6 is 0 Å². The number of aliphatic hydroxyl groups excluding tert-OH is 1. The van der Waals surface area contributed by atoms with E-state index in [1.807, 2.05) is 37.6 Å². The highest BCUT2D eigenvalue weighted by molar-refractivity contribution is 5.54. The number of hydrogen-bond acceptors (Lipinski definition) is 3. The molecule has 21 heavy (non-hydrogen) atoms. The number of benzene rings is 1. The normalized spacial score (nSPS) is 14.0. The Morgan fingerprint density at radius 3 is 2.67 bits per heavy atom. The van der Waals surface area contributed by atoms with Crippen molar-refractivity contribution in [3.05, 3.63) is 42.7 Å². The van der Waals surface area contributed by atoms with Gasteiger partial charge in [0.25, 0.3) is 0 Å². The van der Waals surface area contributed by atoms with Crippen LogP contribution in [0.1, 0.15) is 26.2 Å². The molecule has 0 amide bonds. The molecule has 0 aliphatic heterocycles. The Labute approximate surface area is 126 Å². The summed E-state index contributed by atoms with van der Waals surface area (Å²) in [4.78, 5) is 4.46. The van der Waals surface area contributed by atoms with Crippen molar-refractivity contribution in [1.82, 2.24) is 14.9 Å². The van der Waals surface area contributed by atoms with E-state index in [0.29, 0.717) is 0 Å². The molecular weight excluding hydrogens is 262 g/mol. The van der Waals surface area contributed by atoms with E-state index >= 15 is 0 Å². The molecule has 2 rings (SSSR count). The van der Waals surface area contributed by atoms with Crippen LogP contribution in [-0.4, -0.2) is 33.9 Å². The lowest BCUT2D eigenvalue weighted by Gasteiger charge is -2.30. The van der Waals surface area contributed by atoms with Gasteiger partial charge < -0.3 is 15.0 Å². The van der Waals surface area contributed by atoms with E-state index in [4.69, 9.17) is 0 Å². The van der Waals surface area contributed by atoms with Crippen LogP contribution in [0.25, 0.3) is 11.4 Å². The van der Waals surface area contributed by atoms with Crippen molar-refractivity contribution in [3.63, 3.8) is 0 Å². The smallest absolute Gasteiger partial charge is 0.139 e. The molecule has 4 heteroatoms. The molecule has 0 aliphatic rings. The molecule has 1 aromatic heterocycles. The highest BCUT2D eigenvalue weighted by Gasteiger charge is 2.24. The van der Waals surface area contributed by atoms with E-state index in [2.05, 4.69) is 33.9 Å². The zero-order valence-corrected chi connectivity index (χ0v) is 12.9. The minimum atomic E-state index is -0.159. The van der Waals surface area contributed by atoms with Crippen molar-refractivity contribution in [2.24, 2.45) is 0 Å². The predicted octanol–water partition coefficient (Wildman–Crippen LogP) is 2.69. The molecule has 0 spiro atoms. The first kappa shape index (κ1) is 15.7. The number of hydrogen-bond donors (Lipinski definition) is 2. The third-order valence-corrected chi connectivity index (χ3v) is 4.31. The first-order valence-electron chi connectivity index (χ1n) is 7.61. The largest absolute Gasteiger partial charge is 0.394 e. The number of aromatic nitrogens is 2. The number of nitrogens with one attached hydrogen (secondary N) is 1. The summed E-state index contributed by atoms with van der Waals surface area (Å²) in [6.45, 7) is 3.20. The van der Waals surface area contributed by atoms with Crippen LogP contribution in [-0.2, 0) is 6.54 Å². The summed E-state index contributed by atoms with van der Waals surface area (Å²) in [5, 5.41) is 12.9. The molecular formula is C17H25N3O. The van der Waals surface area contributed by atoms with Gasteiger partial charge in [0.2, 0.25) is 0 Å². The zero-order valence-electron chi connectivity index (χ0n) is 12.9. The van der Waals surface area contributed by atoms with Gasteiger partial charge >= 0.3 is 0 Å². The van der Waals surface area contributed by atoms with Crippen LogP contribution in [0, 0.1) is 0 Å². The van der Waals surface area contributed by atoms with Gasteiger partial charge in [0, 0.05) is 30.0 Å². The molecule has 0 saturated carbocycles. The fraction of sp³-hybridized carbons (Fsp3) is 0.471. The van der Waals surface area contributed by atoms with Gasteiger partial charge in [0.1, 0.15) is 5.82 Å². The lowest BCUT2D eigenvalue weighted by molar-refractivity contribution is 0.151. The molecule has 2 N–H and O–H groups in total. The summed E-state index contributed by atoms with van der Waals surface area (Å²) >= 11 is 0. The third kappa shape index (κ3) is 3.71. The Morgan fingerprint density at radius 1 is 1.29 bits per heavy atom. The van der Waals surface area contributed by atoms with E-state index in [9.17, 15) is 5.11 Å². The molecule has 0 radical (unpaired) electrons. The second kappa shape index (κ2) is 7.38. The molecule has 0 bridgehead atoms. The predicted molar refractivity (Wildman–Crippen MR) is 86.1 cm³/mol. The monoisotopic (exact) mass is 287 g/mol. The Bertz CT molecular complexity index is 524. The Kier molecular flexibility index (Phi) is 5.53. The van der Waals surface area contributed by atoms with Crippen molar-refractivity contribution in [2.45, 2.75) is 38.3 Å². The summed E-state index contributed by atoms with van der Waals surface area (Å²) in [6, 6.07) is 10.2. The van der Waals surface area contributed by atoms with E-state index in [0.717, 1.165) is 37.2 Å². The minimum absolute atomic E-state index is 0.159. The average Bonchev–Trinajstić information content (AvgIpc) is 3.01. The molecule has 1 heterocycles. The fourth-order valence-corrected chi connectivity index (χ4v) is 2.67. The van der Waals surface area contributed by atoms with Gasteiger partial charge in [-0.2, -0.15) is 0 Å². The molecule has 0 aliphatic carbocycles. The van der Waals surface area contributed by atoms with Crippen molar-refractivity contribution >= 4 is 0 Å². The molecule has 0 fully saturated rings. The van der Waals surface area contributed by atoms with Gasteiger partial charge in [-0.1, -0.05) is 37.3 Å². The fourth-order valence-electron chi connectivity index (χ4n) is 2.67. The molecule has 4 nitrogen and oxygen atoms in total. The summed E-state index contributed by atoms with van der Waals surface area (Å²) < 4.78 is 2.18. The topological polar surface area (TPSA) is 50.1 Å². The van der Waals surface area contributed by atoms with Gasteiger partial charge in [-0.15, -0.1) is 0 Å². The van der Waals surface area contributed by atoms with Crippen LogP contribution in [0.3, 0.4) is 0 Å². The average molecular weight is 287 g/mol. The van der Waals surface area contributed by atoms with Crippen LogP contribution in [0.2, 0.25) is 0 Å². The summed E-state index contributed by atoms with van der Waals surface area (Å²) in [5.74, 6) is 1.01. The van der Waals surface area contributed by atoms with E-state index in [-0.39, 0.29) is 12.1 Å². The number of aryl methyl sites for hydroxylation is 1. The SMILES string of the molecule is CCC(CO)(CCCn1ccnc1-c1ccccc1)NC. The van der Waals surface area contributed by atoms with Crippen molar-refractivity contribution < 1.29 is 5.11 Å². The van der Waals surface area contributed by atoms with Gasteiger partial charge in [-0.25, -0.2) is 4.98 Å². The van der Waals surface area contributed by atoms with E-state index in [1.54, 1.807) is 0 Å². The Balaban J connectivity index is 2.01. The number of aliphatic hydroxyl groups is 1. The number of nitrogens with zero attached hydrogens (tertiary/aromatic N) is 2. The second-order valence-electron chi connectivity index (χ2n) is 5.46. The van der Waals surface area contributed by atoms with Gasteiger partial charge in [-0.3, -0.25) is 0 Å². The Morgan fingerprint density at radius 2 is 2.05 bits per heavy atom. The molecule has 114 valence electrons. The first-order valence-corrected chi connectivity index (χ1v) is 7.61. The number of likely N-dealkylation sites (N-methyl/N-ethyl adjacent to an activating group) is 1. The lowest BCUT2D eigenvalue weighted by Crippen LogP contribution is -2.46. The van der Waals surface area contributed by atoms with Gasteiger partial charge in [0.15, 0.2) is 0 Å². The summed E-state index contributed by atoms with van der Waals surface area (Å²) in [7, 11) is 1.92. The minimum Gasteiger partial charge on any atom is -0.394 e. The maximum absolute atomic E-state index is 9.58. The van der Waals surface area contributed by atoms with Gasteiger partial charge in [-0.05, 0) is 26.3 Å². The quantitative estimate of drug-likeness (QED) is 0.785. The highest BCUT2D eigenvalue weighted by atomic mass is 16.3. The zero-order chi connectivity index (χ0) is 15.1. The highest BCUT2D eigenvalue weighted by Crippen LogP contribution is 2.20. The second-order valence-corrected chi connectivity index (χ2v) is 5.46. The van der Waals surface area contributed by atoms with E-state index < -0.39 is 0 Å². The van der Waals surface area contributed by atoms with Crippen molar-refractivity contribution in [2.75, 3.05) is 13.7 Å². The van der Waals surface area contributed by atoms with Crippen molar-refractivity contribution in [3.8, 4) is 11.4 Å². The van der Waals surface area contributed by atoms with Crippen LogP contribution in [0.15, 0.2) is 42.7 Å².